The van der Waals surface area contributed by atoms with Crippen LogP contribution in [0.4, 0.5) is 0 Å². The van der Waals surface area contributed by atoms with Crippen LogP contribution in [-0.4, -0.2) is 41.5 Å². The van der Waals surface area contributed by atoms with Gasteiger partial charge < -0.3 is 13.7 Å². The number of ether oxygens (including phenoxy) is 1. The van der Waals surface area contributed by atoms with Gasteiger partial charge in [0.15, 0.2) is 5.03 Å². The maximum atomic E-state index is 12.5. The van der Waals surface area contributed by atoms with E-state index >= 15 is 0 Å². The Morgan fingerprint density at radius 2 is 2.17 bits per heavy atom. The molecule has 2 aromatic rings. The van der Waals surface area contributed by atoms with Gasteiger partial charge in [-0.25, -0.2) is 18.2 Å². The Labute approximate surface area is 133 Å². The highest BCUT2D eigenvalue weighted by Gasteiger charge is 2.35. The van der Waals surface area contributed by atoms with Gasteiger partial charge in [-0.3, -0.25) is 0 Å². The van der Waals surface area contributed by atoms with E-state index in [1.807, 2.05) is 0 Å². The molecule has 0 N–H and O–H groups in total. The van der Waals surface area contributed by atoms with Crippen LogP contribution in [-0.2, 0) is 17.1 Å². The van der Waals surface area contributed by atoms with Crippen molar-refractivity contribution >= 4 is 10.0 Å². The lowest BCUT2D eigenvalue weighted by Crippen LogP contribution is -2.31. The summed E-state index contributed by atoms with van der Waals surface area (Å²) in [6.07, 6.45) is 3.15. The maximum absolute atomic E-state index is 12.5. The fourth-order valence-electron chi connectivity index (χ4n) is 2.50. The van der Waals surface area contributed by atoms with Crippen molar-refractivity contribution in [1.29, 1.82) is 0 Å². The van der Waals surface area contributed by atoms with E-state index in [-0.39, 0.29) is 17.7 Å². The van der Waals surface area contributed by atoms with Crippen molar-refractivity contribution in [2.75, 3.05) is 13.1 Å². The van der Waals surface area contributed by atoms with Crippen LogP contribution in [0.5, 0.6) is 5.75 Å². The minimum Gasteiger partial charge on any atom is -0.489 e. The number of rotatable bonds is 4. The SMILES string of the molecule is Cc1cc(O[C@@H]2CCN(S(=O)(=O)c3cn(C)cn3)C2)cc(=O)o1. The van der Waals surface area contributed by atoms with Crippen LogP contribution in [0.2, 0.25) is 0 Å². The highest BCUT2D eigenvalue weighted by atomic mass is 32.2. The van der Waals surface area contributed by atoms with E-state index in [2.05, 4.69) is 4.98 Å². The van der Waals surface area contributed by atoms with E-state index < -0.39 is 15.6 Å². The minimum atomic E-state index is -3.62. The third-order valence-electron chi connectivity index (χ3n) is 3.56. The van der Waals surface area contributed by atoms with Gasteiger partial charge in [-0.1, -0.05) is 0 Å². The lowest BCUT2D eigenvalue weighted by atomic mass is 10.3. The van der Waals surface area contributed by atoms with E-state index in [1.165, 1.54) is 22.9 Å². The second-order valence-electron chi connectivity index (χ2n) is 5.49. The average Bonchev–Trinajstić information content (AvgIpc) is 3.07. The smallest absolute Gasteiger partial charge is 0.339 e. The fraction of sp³-hybridized carbons (Fsp3) is 0.429. The molecule has 0 unspecified atom stereocenters. The topological polar surface area (TPSA) is 94.6 Å². The van der Waals surface area contributed by atoms with Gasteiger partial charge in [-0.15, -0.1) is 0 Å². The molecule has 8 nitrogen and oxygen atoms in total. The minimum absolute atomic E-state index is 0.0249. The zero-order valence-electron chi connectivity index (χ0n) is 12.8. The van der Waals surface area contributed by atoms with Gasteiger partial charge in [0.1, 0.15) is 17.6 Å². The standard InChI is InChI=1S/C14H17N3O5S/c1-10-5-12(6-14(18)21-10)22-11-3-4-17(7-11)23(19,20)13-8-16(2)9-15-13/h5-6,8-9,11H,3-4,7H2,1-2H3/t11-/m1/s1. The van der Waals surface area contributed by atoms with Crippen molar-refractivity contribution in [3.05, 3.63) is 40.8 Å². The van der Waals surface area contributed by atoms with Gasteiger partial charge in [-0.05, 0) is 13.3 Å². The van der Waals surface area contributed by atoms with Crippen LogP contribution < -0.4 is 10.4 Å². The Balaban J connectivity index is 1.72. The molecule has 2 aromatic heterocycles. The van der Waals surface area contributed by atoms with E-state index in [0.717, 1.165) is 0 Å². The largest absolute Gasteiger partial charge is 0.489 e. The zero-order chi connectivity index (χ0) is 16.6. The van der Waals surface area contributed by atoms with Crippen molar-refractivity contribution in [3.63, 3.8) is 0 Å². The molecular formula is C14H17N3O5S. The number of aromatic nitrogens is 2. The van der Waals surface area contributed by atoms with E-state index in [4.69, 9.17) is 9.15 Å². The summed E-state index contributed by atoms with van der Waals surface area (Å²) in [6, 6.07) is 2.86. The van der Waals surface area contributed by atoms with Gasteiger partial charge in [0.25, 0.3) is 10.0 Å². The quantitative estimate of drug-likeness (QED) is 0.806. The summed E-state index contributed by atoms with van der Waals surface area (Å²) in [6.45, 7) is 2.23. The monoisotopic (exact) mass is 339 g/mol. The van der Waals surface area contributed by atoms with Gasteiger partial charge in [0.2, 0.25) is 0 Å². The van der Waals surface area contributed by atoms with Gasteiger partial charge in [0.05, 0.1) is 18.9 Å². The molecule has 3 heterocycles. The highest BCUT2D eigenvalue weighted by Crippen LogP contribution is 2.23. The van der Waals surface area contributed by atoms with Crippen molar-refractivity contribution in [2.24, 2.45) is 7.05 Å². The number of aryl methyl sites for hydroxylation is 2. The summed E-state index contributed by atoms with van der Waals surface area (Å²) in [5, 5.41) is 0.0249. The molecule has 9 heteroatoms. The Bertz CT molecular complexity index is 871. The van der Waals surface area contributed by atoms with E-state index in [1.54, 1.807) is 24.6 Å². The number of nitrogens with zero attached hydrogens (tertiary/aromatic N) is 3. The van der Waals surface area contributed by atoms with Crippen molar-refractivity contribution in [1.82, 2.24) is 13.9 Å². The fourth-order valence-corrected chi connectivity index (χ4v) is 3.96. The Morgan fingerprint density at radius 3 is 2.83 bits per heavy atom. The van der Waals surface area contributed by atoms with E-state index in [9.17, 15) is 13.2 Å². The molecule has 0 amide bonds. The average molecular weight is 339 g/mol. The van der Waals surface area contributed by atoms with Crippen LogP contribution in [0.25, 0.3) is 0 Å². The third-order valence-corrected chi connectivity index (χ3v) is 5.31. The van der Waals surface area contributed by atoms with Crippen molar-refractivity contribution < 1.29 is 17.6 Å². The Kier molecular flexibility index (Phi) is 3.99. The summed E-state index contributed by atoms with van der Waals surface area (Å²) in [4.78, 5) is 15.2. The number of hydrogen-bond acceptors (Lipinski definition) is 6. The molecule has 0 radical (unpaired) electrons. The summed E-state index contributed by atoms with van der Waals surface area (Å²) in [5.74, 6) is 0.837. The zero-order valence-corrected chi connectivity index (χ0v) is 13.6. The lowest BCUT2D eigenvalue weighted by molar-refractivity contribution is 0.213. The summed E-state index contributed by atoms with van der Waals surface area (Å²) < 4.78 is 38.5. The summed E-state index contributed by atoms with van der Waals surface area (Å²) in [7, 11) is -1.90. The molecule has 0 saturated carbocycles. The third kappa shape index (κ3) is 3.30. The first-order valence-electron chi connectivity index (χ1n) is 7.11. The molecule has 23 heavy (non-hydrogen) atoms. The van der Waals surface area contributed by atoms with E-state index in [0.29, 0.717) is 24.5 Å². The molecule has 124 valence electrons. The van der Waals surface area contributed by atoms with Crippen LogP contribution in [0.1, 0.15) is 12.2 Å². The van der Waals surface area contributed by atoms with Gasteiger partial charge >= 0.3 is 5.63 Å². The summed E-state index contributed by atoms with van der Waals surface area (Å²) >= 11 is 0. The van der Waals surface area contributed by atoms with Crippen LogP contribution in [0.3, 0.4) is 0 Å². The maximum Gasteiger partial charge on any atom is 0.339 e. The first kappa shape index (κ1) is 15.8. The lowest BCUT2D eigenvalue weighted by Gasteiger charge is -2.16. The molecule has 1 fully saturated rings. The molecule has 1 atom stereocenters. The van der Waals surface area contributed by atoms with Gasteiger partial charge in [-0.2, -0.15) is 4.31 Å². The molecule has 1 aliphatic rings. The molecule has 1 saturated heterocycles. The number of imidazole rings is 1. The van der Waals surface area contributed by atoms with Crippen molar-refractivity contribution in [2.45, 2.75) is 24.5 Å². The predicted molar refractivity (Wildman–Crippen MR) is 80.7 cm³/mol. The first-order valence-corrected chi connectivity index (χ1v) is 8.55. The molecule has 0 spiro atoms. The highest BCUT2D eigenvalue weighted by molar-refractivity contribution is 7.89. The normalized spacial score (nSPS) is 19.1. The molecule has 0 aliphatic carbocycles. The summed E-state index contributed by atoms with van der Waals surface area (Å²) in [5.41, 5.74) is -0.490. The molecule has 3 rings (SSSR count). The predicted octanol–water partition coefficient (Wildman–Crippen LogP) is 0.524. The Morgan fingerprint density at radius 1 is 1.39 bits per heavy atom. The molecule has 0 bridgehead atoms. The first-order chi connectivity index (χ1) is 10.8. The van der Waals surface area contributed by atoms with Crippen molar-refractivity contribution in [3.8, 4) is 5.75 Å². The Hall–Kier alpha value is -2.13. The van der Waals surface area contributed by atoms with Gasteiger partial charge in [0, 0.05) is 25.9 Å². The molecular weight excluding hydrogens is 322 g/mol. The molecule has 0 aromatic carbocycles. The molecule has 1 aliphatic heterocycles. The second kappa shape index (κ2) is 5.82. The second-order valence-corrected chi connectivity index (χ2v) is 7.38. The number of hydrogen-bond donors (Lipinski definition) is 0. The van der Waals surface area contributed by atoms with Crippen LogP contribution in [0, 0.1) is 6.92 Å². The number of sulfonamides is 1. The van der Waals surface area contributed by atoms with Crippen LogP contribution in [0.15, 0.2) is 38.9 Å². The van der Waals surface area contributed by atoms with Crippen LogP contribution >= 0.6 is 0 Å².